The molecule has 0 radical (unpaired) electrons. The van der Waals surface area contributed by atoms with E-state index in [-0.39, 0.29) is 22.5 Å². The number of aromatic nitrogens is 1. The summed E-state index contributed by atoms with van der Waals surface area (Å²) in [7, 11) is 2.72. The summed E-state index contributed by atoms with van der Waals surface area (Å²) < 4.78 is 36.5. The van der Waals surface area contributed by atoms with Crippen LogP contribution < -0.4 is 9.47 Å². The van der Waals surface area contributed by atoms with Gasteiger partial charge < -0.3 is 9.47 Å². The zero-order valence-corrected chi connectivity index (χ0v) is 8.75. The van der Waals surface area contributed by atoms with Gasteiger partial charge in [0.15, 0.2) is 11.6 Å². The summed E-state index contributed by atoms with van der Waals surface area (Å²) in [5.41, 5.74) is 0.287. The first kappa shape index (κ1) is 10.6. The average molecular weight is 225 g/mol. The van der Waals surface area contributed by atoms with E-state index in [9.17, 15) is 8.78 Å². The van der Waals surface area contributed by atoms with Crippen LogP contribution in [0.1, 0.15) is 0 Å². The Bertz CT molecular complexity index is 543. The number of hydrogen-bond acceptors (Lipinski definition) is 3. The van der Waals surface area contributed by atoms with Crippen molar-refractivity contribution in [2.75, 3.05) is 14.2 Å². The van der Waals surface area contributed by atoms with Crippen molar-refractivity contribution >= 4 is 10.9 Å². The first-order valence-corrected chi connectivity index (χ1v) is 4.53. The van der Waals surface area contributed by atoms with E-state index in [2.05, 4.69) is 4.98 Å². The van der Waals surface area contributed by atoms with Crippen molar-refractivity contribution in [3.8, 4) is 11.6 Å². The Morgan fingerprint density at radius 1 is 1.00 bits per heavy atom. The molecule has 0 aliphatic carbocycles. The predicted octanol–water partition coefficient (Wildman–Crippen LogP) is 2.53. The number of rotatable bonds is 2. The highest BCUT2D eigenvalue weighted by molar-refractivity contribution is 5.81. The number of hydrogen-bond donors (Lipinski definition) is 0. The first-order chi connectivity index (χ1) is 7.65. The lowest BCUT2D eigenvalue weighted by Gasteiger charge is -2.06. The molecule has 2 rings (SSSR count). The number of ether oxygens (including phenoxy) is 2. The Labute approximate surface area is 90.6 Å². The van der Waals surface area contributed by atoms with Crippen LogP contribution in [-0.2, 0) is 0 Å². The summed E-state index contributed by atoms with van der Waals surface area (Å²) in [6.45, 7) is 0. The van der Waals surface area contributed by atoms with E-state index in [1.165, 1.54) is 20.3 Å². The molecule has 0 atom stereocenters. The van der Waals surface area contributed by atoms with Crippen LogP contribution in [0, 0.1) is 11.6 Å². The third-order valence-electron chi connectivity index (χ3n) is 2.22. The minimum atomic E-state index is -0.624. The number of nitrogens with zero attached hydrogens (tertiary/aromatic N) is 1. The fourth-order valence-corrected chi connectivity index (χ4v) is 1.42. The summed E-state index contributed by atoms with van der Waals surface area (Å²) in [4.78, 5) is 4.00. The lowest BCUT2D eigenvalue weighted by Crippen LogP contribution is -1.94. The summed E-state index contributed by atoms with van der Waals surface area (Å²) in [6.07, 6.45) is 0. The molecule has 0 aliphatic heterocycles. The van der Waals surface area contributed by atoms with Crippen LogP contribution in [0.5, 0.6) is 11.6 Å². The molecule has 0 spiro atoms. The van der Waals surface area contributed by atoms with Gasteiger partial charge in [0.05, 0.1) is 19.7 Å². The maximum atomic E-state index is 13.5. The van der Waals surface area contributed by atoms with Crippen molar-refractivity contribution in [1.29, 1.82) is 0 Å². The molecule has 84 valence electrons. The monoisotopic (exact) mass is 225 g/mol. The Balaban J connectivity index is 2.75. The molecule has 0 aliphatic rings. The van der Waals surface area contributed by atoms with E-state index in [0.29, 0.717) is 0 Å². The van der Waals surface area contributed by atoms with Gasteiger partial charge in [-0.3, -0.25) is 0 Å². The van der Waals surface area contributed by atoms with Crippen LogP contribution in [0.15, 0.2) is 18.2 Å². The minimum Gasteiger partial charge on any atom is -0.494 e. The van der Waals surface area contributed by atoms with Crippen molar-refractivity contribution in [1.82, 2.24) is 4.98 Å². The zero-order valence-electron chi connectivity index (χ0n) is 8.75. The van der Waals surface area contributed by atoms with Crippen LogP contribution in [-0.4, -0.2) is 19.2 Å². The van der Waals surface area contributed by atoms with E-state index in [1.807, 2.05) is 0 Å². The SMILES string of the molecule is COc1cc(F)c2cc(F)c(OC)cc2n1. The molecule has 1 aromatic heterocycles. The van der Waals surface area contributed by atoms with Gasteiger partial charge in [0.25, 0.3) is 0 Å². The first-order valence-electron chi connectivity index (χ1n) is 4.53. The third-order valence-corrected chi connectivity index (χ3v) is 2.22. The molecule has 0 saturated carbocycles. The van der Waals surface area contributed by atoms with Crippen LogP contribution in [0.4, 0.5) is 8.78 Å². The van der Waals surface area contributed by atoms with Crippen molar-refractivity contribution in [3.63, 3.8) is 0 Å². The molecule has 0 N–H and O–H groups in total. The molecule has 0 saturated heterocycles. The average Bonchev–Trinajstić information content (AvgIpc) is 2.29. The highest BCUT2D eigenvalue weighted by Gasteiger charge is 2.11. The molecule has 0 amide bonds. The molecule has 0 unspecified atom stereocenters. The largest absolute Gasteiger partial charge is 0.494 e. The molecule has 2 aromatic rings. The normalized spacial score (nSPS) is 10.5. The molecule has 0 bridgehead atoms. The number of methoxy groups -OCH3 is 2. The van der Waals surface area contributed by atoms with Gasteiger partial charge in [0.1, 0.15) is 5.82 Å². The second kappa shape index (κ2) is 3.92. The summed E-state index contributed by atoms with van der Waals surface area (Å²) in [5.74, 6) is -1.05. The van der Waals surface area contributed by atoms with E-state index in [1.54, 1.807) is 0 Å². The highest BCUT2D eigenvalue weighted by atomic mass is 19.1. The second-order valence-electron chi connectivity index (χ2n) is 3.15. The molecular formula is C11H9F2NO2. The van der Waals surface area contributed by atoms with E-state index < -0.39 is 11.6 Å². The number of halogens is 2. The second-order valence-corrected chi connectivity index (χ2v) is 3.15. The Hall–Kier alpha value is -1.91. The highest BCUT2D eigenvalue weighted by Crippen LogP contribution is 2.27. The molecule has 16 heavy (non-hydrogen) atoms. The number of fused-ring (bicyclic) bond motifs is 1. The minimum absolute atomic E-state index is 0.0210. The summed E-state index contributed by atoms with van der Waals surface area (Å²) >= 11 is 0. The fourth-order valence-electron chi connectivity index (χ4n) is 1.42. The van der Waals surface area contributed by atoms with Gasteiger partial charge in [-0.25, -0.2) is 13.8 Å². The maximum Gasteiger partial charge on any atom is 0.216 e. The van der Waals surface area contributed by atoms with Crippen LogP contribution >= 0.6 is 0 Å². The van der Waals surface area contributed by atoms with Gasteiger partial charge in [-0.1, -0.05) is 0 Å². The van der Waals surface area contributed by atoms with Gasteiger partial charge in [0, 0.05) is 17.5 Å². The van der Waals surface area contributed by atoms with E-state index in [4.69, 9.17) is 9.47 Å². The predicted molar refractivity (Wildman–Crippen MR) is 54.8 cm³/mol. The van der Waals surface area contributed by atoms with Crippen LogP contribution in [0.2, 0.25) is 0 Å². The van der Waals surface area contributed by atoms with Gasteiger partial charge in [-0.15, -0.1) is 0 Å². The topological polar surface area (TPSA) is 31.4 Å². The van der Waals surface area contributed by atoms with Gasteiger partial charge >= 0.3 is 0 Å². The Morgan fingerprint density at radius 2 is 1.75 bits per heavy atom. The number of pyridine rings is 1. The summed E-state index contributed by atoms with van der Waals surface area (Å²) in [6, 6.07) is 3.49. The third kappa shape index (κ3) is 1.64. The standard InChI is InChI=1S/C11H9F2NO2/c1-15-10-5-9-6(3-8(10)13)7(12)4-11(14-9)16-2/h3-5H,1-2H3. The van der Waals surface area contributed by atoms with Crippen LogP contribution in [0.25, 0.3) is 10.9 Å². The van der Waals surface area contributed by atoms with Crippen molar-refractivity contribution in [2.45, 2.75) is 0 Å². The maximum absolute atomic E-state index is 13.5. The Kier molecular flexibility index (Phi) is 2.60. The fraction of sp³-hybridized carbons (Fsp3) is 0.182. The molecule has 1 aromatic carbocycles. The number of benzene rings is 1. The molecular weight excluding hydrogens is 216 g/mol. The van der Waals surface area contributed by atoms with Gasteiger partial charge in [-0.2, -0.15) is 0 Å². The molecule has 3 nitrogen and oxygen atoms in total. The van der Waals surface area contributed by atoms with Crippen molar-refractivity contribution in [2.24, 2.45) is 0 Å². The molecule has 0 fully saturated rings. The lowest BCUT2D eigenvalue weighted by molar-refractivity contribution is 0.386. The van der Waals surface area contributed by atoms with E-state index in [0.717, 1.165) is 12.1 Å². The van der Waals surface area contributed by atoms with Crippen LogP contribution in [0.3, 0.4) is 0 Å². The lowest BCUT2D eigenvalue weighted by atomic mass is 10.2. The van der Waals surface area contributed by atoms with Crippen molar-refractivity contribution in [3.05, 3.63) is 29.8 Å². The van der Waals surface area contributed by atoms with Gasteiger partial charge in [0.2, 0.25) is 5.88 Å². The summed E-state index contributed by atoms with van der Waals surface area (Å²) in [5, 5.41) is 0.0964. The Morgan fingerprint density at radius 3 is 2.38 bits per heavy atom. The van der Waals surface area contributed by atoms with Gasteiger partial charge in [-0.05, 0) is 6.07 Å². The molecule has 1 heterocycles. The molecule has 5 heteroatoms. The zero-order chi connectivity index (χ0) is 11.7. The van der Waals surface area contributed by atoms with E-state index >= 15 is 0 Å². The quantitative estimate of drug-likeness (QED) is 0.787. The van der Waals surface area contributed by atoms with Crippen molar-refractivity contribution < 1.29 is 18.3 Å². The smallest absolute Gasteiger partial charge is 0.216 e.